The van der Waals surface area contributed by atoms with Crippen molar-refractivity contribution in [3.8, 4) is 11.5 Å². The maximum atomic E-state index is 13.5. The summed E-state index contributed by atoms with van der Waals surface area (Å²) in [5.41, 5.74) is 0.251. The zero-order chi connectivity index (χ0) is 35.9. The number of aromatic hydroxyl groups is 2. The molecular formula is C30H21Cl2F10N2O2Ti-. The molecule has 0 aliphatic rings. The molecule has 0 amide bonds. The molecule has 0 spiro atoms. The summed E-state index contributed by atoms with van der Waals surface area (Å²) < 4.78 is 132. The van der Waals surface area contributed by atoms with E-state index in [1.54, 1.807) is 39.8 Å². The van der Waals surface area contributed by atoms with Gasteiger partial charge < -0.3 is 15.5 Å². The fraction of sp³-hybridized carbons (Fsp3) is 0.167. The zero-order valence-corrected chi connectivity index (χ0v) is 27.5. The molecule has 0 atom stereocenters. The summed E-state index contributed by atoms with van der Waals surface area (Å²) in [7, 11) is 9.78. The van der Waals surface area contributed by atoms with Crippen LogP contribution in [0.3, 0.4) is 0 Å². The first-order valence-corrected chi connectivity index (χ1v) is 17.0. The van der Waals surface area contributed by atoms with Crippen LogP contribution < -0.4 is 0 Å². The summed E-state index contributed by atoms with van der Waals surface area (Å²) in [6.45, 7) is 6.23. The molecule has 47 heavy (non-hydrogen) atoms. The van der Waals surface area contributed by atoms with E-state index in [-0.39, 0.29) is 22.6 Å². The Morgan fingerprint density at radius 1 is 0.617 bits per heavy atom. The number of halogens is 12. The van der Waals surface area contributed by atoms with Crippen molar-refractivity contribution in [3.05, 3.63) is 121 Å². The Kier molecular flexibility index (Phi) is 14.4. The van der Waals surface area contributed by atoms with Gasteiger partial charge in [0.2, 0.25) is 5.82 Å². The molecule has 0 fully saturated rings. The number of hydrogen-bond acceptors (Lipinski definition) is 3. The van der Waals surface area contributed by atoms with Crippen molar-refractivity contribution in [3.63, 3.8) is 0 Å². The first-order chi connectivity index (χ1) is 21.9. The van der Waals surface area contributed by atoms with Gasteiger partial charge in [0, 0.05) is 11.8 Å². The molecule has 0 aliphatic heterocycles. The minimum atomic E-state index is -2.25. The van der Waals surface area contributed by atoms with Crippen molar-refractivity contribution < 1.29 is 71.1 Å². The third kappa shape index (κ3) is 9.34. The molecule has 0 unspecified atom stereocenters. The summed E-state index contributed by atoms with van der Waals surface area (Å²) in [5, 5.41) is 23.1. The number of rotatable bonds is 5. The predicted molar refractivity (Wildman–Crippen MR) is 153 cm³/mol. The normalized spacial score (nSPS) is 10.7. The monoisotopic (exact) mass is 749 g/mol. The first-order valence-electron chi connectivity index (χ1n) is 12.7. The van der Waals surface area contributed by atoms with Gasteiger partial charge >= 0.3 is 35.6 Å². The van der Waals surface area contributed by atoms with Crippen molar-refractivity contribution in [1.82, 2.24) is 0 Å². The third-order valence-corrected chi connectivity index (χ3v) is 6.11. The number of aliphatic imine (C=N–C) groups is 1. The van der Waals surface area contributed by atoms with E-state index >= 15 is 0 Å². The van der Waals surface area contributed by atoms with E-state index < -0.39 is 93.1 Å². The molecule has 4 nitrogen and oxygen atoms in total. The molecule has 4 aromatic rings. The number of nitrogens with zero attached hydrogens (tertiary/aromatic N) is 2. The van der Waals surface area contributed by atoms with Gasteiger partial charge in [0.25, 0.3) is 0 Å². The van der Waals surface area contributed by atoms with Crippen molar-refractivity contribution in [2.24, 2.45) is 4.99 Å². The van der Waals surface area contributed by atoms with Gasteiger partial charge in [-0.25, -0.2) is 48.9 Å². The molecule has 0 saturated carbocycles. The Hall–Kier alpha value is -3.46. The van der Waals surface area contributed by atoms with Crippen molar-refractivity contribution in [1.29, 1.82) is 0 Å². The molecular weight excluding hydrogens is 729 g/mol. The maximum absolute atomic E-state index is 13.5. The molecule has 0 aromatic heterocycles. The van der Waals surface area contributed by atoms with Crippen molar-refractivity contribution in [2.75, 3.05) is 0 Å². The van der Waals surface area contributed by atoms with E-state index in [4.69, 9.17) is 18.6 Å². The van der Waals surface area contributed by atoms with Crippen LogP contribution >= 0.6 is 18.6 Å². The van der Waals surface area contributed by atoms with E-state index in [1.165, 1.54) is 12.1 Å². The fourth-order valence-electron chi connectivity index (χ4n) is 4.00. The first kappa shape index (κ1) is 39.7. The van der Waals surface area contributed by atoms with Crippen molar-refractivity contribution in [2.45, 2.75) is 34.2 Å². The quantitative estimate of drug-likeness (QED) is 0.0701. The molecule has 0 bridgehead atoms. The van der Waals surface area contributed by atoms with Crippen LogP contribution in [0.1, 0.15) is 33.4 Å². The Balaban J connectivity index is 0.000000302. The zero-order valence-electron chi connectivity index (χ0n) is 24.4. The van der Waals surface area contributed by atoms with Crippen LogP contribution in [0.2, 0.25) is 0 Å². The molecule has 2 N–H and O–H groups in total. The molecule has 0 saturated heterocycles. The van der Waals surface area contributed by atoms with Gasteiger partial charge in [0.15, 0.2) is 40.7 Å². The molecule has 17 heteroatoms. The molecule has 0 heterocycles. The SMILES string of the molecule is Cc1cc(C)c(O)c(C=Nc2c(F)c(F)c(F)c(F)c2F)c1.Cc1cc(C)c(O)c(C[N-]c2c(F)c(F)c(F)c(F)c2F)c1.[Cl][Ti][Cl]. The Labute approximate surface area is 278 Å². The van der Waals surface area contributed by atoms with Gasteiger partial charge in [-0.15, -0.1) is 6.54 Å². The van der Waals surface area contributed by atoms with Crippen LogP contribution in [0.4, 0.5) is 55.3 Å². The van der Waals surface area contributed by atoms with Crippen LogP contribution in [-0.4, -0.2) is 16.4 Å². The predicted octanol–water partition coefficient (Wildman–Crippen LogP) is 10.7. The molecule has 4 aromatic carbocycles. The van der Waals surface area contributed by atoms with E-state index in [1.807, 2.05) is 0 Å². The second-order valence-electron chi connectivity index (χ2n) is 9.59. The second-order valence-corrected chi connectivity index (χ2v) is 12.2. The summed E-state index contributed by atoms with van der Waals surface area (Å²) in [4.78, 5) is 3.30. The fourth-order valence-corrected chi connectivity index (χ4v) is 4.00. The van der Waals surface area contributed by atoms with Gasteiger partial charge in [-0.3, -0.25) is 0 Å². The summed E-state index contributed by atoms with van der Waals surface area (Å²) in [6.07, 6.45) is 0.841. The average molecular weight is 750 g/mol. The third-order valence-electron chi connectivity index (χ3n) is 6.11. The van der Waals surface area contributed by atoms with Gasteiger partial charge in [0.1, 0.15) is 28.8 Å². The Morgan fingerprint density at radius 2 is 1.00 bits per heavy atom. The van der Waals surface area contributed by atoms with Gasteiger partial charge in [-0.05, 0) is 56.0 Å². The van der Waals surface area contributed by atoms with Gasteiger partial charge in [-0.2, -0.15) is 0 Å². The number of phenols is 2. The van der Waals surface area contributed by atoms with Crippen LogP contribution in [-0.2, 0) is 23.6 Å². The minimum absolute atomic E-state index is 0.0986. The molecule has 0 aliphatic carbocycles. The Bertz CT molecular complexity index is 1770. The summed E-state index contributed by atoms with van der Waals surface area (Å²) >= 11 is -0.556. The number of aryl methyl sites for hydroxylation is 4. The number of benzene rings is 4. The summed E-state index contributed by atoms with van der Waals surface area (Å²) in [5.74, 6) is -21.1. The molecule has 4 rings (SSSR count). The van der Waals surface area contributed by atoms with Crippen molar-refractivity contribution >= 4 is 36.2 Å². The van der Waals surface area contributed by atoms with Crippen LogP contribution in [0.25, 0.3) is 5.32 Å². The molecule has 0 radical (unpaired) electrons. The number of phenolic OH excluding ortho intramolecular Hbond substituents is 2. The standard InChI is InChI=1S/C15H11F5NO.C15H10F5NO.2ClH.Ti/c2*1-6-3-7(2)15(22)8(4-6)5-21-14-12(19)10(17)9(16)11(18)13(14)20;;;/h3-4,22H,5H2,1-2H3;3-5,22H,1-2H3;2*1H;/q-1;;;;+2/p-2. The van der Waals surface area contributed by atoms with Gasteiger partial charge in [0.05, 0.1) is 0 Å². The van der Waals surface area contributed by atoms with Crippen LogP contribution in [0, 0.1) is 85.9 Å². The van der Waals surface area contributed by atoms with Crippen LogP contribution in [0.5, 0.6) is 11.5 Å². The number of hydrogen-bond donors (Lipinski definition) is 2. The Morgan fingerprint density at radius 3 is 1.47 bits per heavy atom. The average Bonchev–Trinajstić information content (AvgIpc) is 3.02. The molecule has 252 valence electrons. The van der Waals surface area contributed by atoms with Crippen LogP contribution in [0.15, 0.2) is 29.3 Å². The van der Waals surface area contributed by atoms with E-state index in [2.05, 4.69) is 10.3 Å². The van der Waals surface area contributed by atoms with E-state index in [9.17, 15) is 54.1 Å². The summed E-state index contributed by atoms with van der Waals surface area (Å²) in [6, 6.07) is 6.30. The van der Waals surface area contributed by atoms with Gasteiger partial charge in [-0.1, -0.05) is 29.4 Å². The van der Waals surface area contributed by atoms with E-state index in [0.29, 0.717) is 11.1 Å². The second kappa shape index (κ2) is 17.1. The van der Waals surface area contributed by atoms with E-state index in [0.717, 1.165) is 17.3 Å². The topological polar surface area (TPSA) is 66.9 Å².